The molecule has 0 saturated heterocycles. The largest absolute Gasteiger partial charge is 0.268 e. The normalized spacial score (nSPS) is 11.5. The summed E-state index contributed by atoms with van der Waals surface area (Å²) in [5, 5.41) is 4.27. The molecule has 1 heterocycles. The number of benzene rings is 1. The average Bonchev–Trinajstić information content (AvgIpc) is 2.48. The van der Waals surface area contributed by atoms with Crippen molar-refractivity contribution in [3.8, 4) is 0 Å². The Morgan fingerprint density at radius 3 is 2.82 bits per heavy atom. The molecular formula is C14H16ClN3O3S. The zero-order valence-electron chi connectivity index (χ0n) is 12.0. The molecule has 0 fully saturated rings. The van der Waals surface area contributed by atoms with Gasteiger partial charge in [-0.3, -0.25) is 4.79 Å². The van der Waals surface area contributed by atoms with Crippen molar-refractivity contribution in [2.45, 2.75) is 24.8 Å². The van der Waals surface area contributed by atoms with Crippen LogP contribution in [0.4, 0.5) is 0 Å². The van der Waals surface area contributed by atoms with Crippen molar-refractivity contribution in [3.63, 3.8) is 0 Å². The second-order valence-corrected chi connectivity index (χ2v) is 6.92. The first-order valence-corrected chi connectivity index (χ1v) is 8.54. The molecule has 0 bridgehead atoms. The van der Waals surface area contributed by atoms with Crippen molar-refractivity contribution in [2.75, 3.05) is 6.54 Å². The predicted molar refractivity (Wildman–Crippen MR) is 84.5 cm³/mol. The highest BCUT2D eigenvalue weighted by atomic mass is 35.5. The highest BCUT2D eigenvalue weighted by Gasteiger charge is 2.16. The smallest absolute Gasteiger partial charge is 0.266 e. The van der Waals surface area contributed by atoms with Crippen molar-refractivity contribution >= 4 is 21.6 Å². The van der Waals surface area contributed by atoms with E-state index in [2.05, 4.69) is 9.82 Å². The summed E-state index contributed by atoms with van der Waals surface area (Å²) >= 11 is 5.84. The number of aromatic nitrogens is 2. The summed E-state index contributed by atoms with van der Waals surface area (Å²) in [6.07, 6.45) is 1.97. The van der Waals surface area contributed by atoms with E-state index in [1.807, 2.05) is 0 Å². The van der Waals surface area contributed by atoms with Crippen LogP contribution in [0.5, 0.6) is 0 Å². The first kappa shape index (κ1) is 16.7. The quantitative estimate of drug-likeness (QED) is 0.809. The van der Waals surface area contributed by atoms with Crippen LogP contribution in [0.3, 0.4) is 0 Å². The van der Waals surface area contributed by atoms with Crippen molar-refractivity contribution < 1.29 is 8.42 Å². The third-order valence-electron chi connectivity index (χ3n) is 3.06. The van der Waals surface area contributed by atoms with Gasteiger partial charge in [-0.25, -0.2) is 17.8 Å². The lowest BCUT2D eigenvalue weighted by molar-refractivity contribution is 0.535. The van der Waals surface area contributed by atoms with E-state index in [-0.39, 0.29) is 17.0 Å². The van der Waals surface area contributed by atoms with Gasteiger partial charge in [0.1, 0.15) is 0 Å². The Labute approximate surface area is 133 Å². The Balaban J connectivity index is 1.97. The second-order valence-electron chi connectivity index (χ2n) is 4.75. The molecule has 0 unspecified atom stereocenters. The molecule has 1 N–H and O–H groups in total. The van der Waals surface area contributed by atoms with Crippen LogP contribution in [0.1, 0.15) is 12.0 Å². The first-order valence-electron chi connectivity index (χ1n) is 6.68. The Kier molecular flexibility index (Phi) is 5.33. The number of hydrogen-bond donors (Lipinski definition) is 1. The molecule has 0 aliphatic heterocycles. The molecule has 0 saturated carbocycles. The number of halogens is 1. The van der Waals surface area contributed by atoms with Crippen LogP contribution in [-0.4, -0.2) is 24.7 Å². The molecule has 2 aromatic rings. The monoisotopic (exact) mass is 341 g/mol. The van der Waals surface area contributed by atoms with E-state index >= 15 is 0 Å². The fraction of sp³-hybridized carbons (Fsp3) is 0.286. The summed E-state index contributed by atoms with van der Waals surface area (Å²) in [6, 6.07) is 7.69. The van der Waals surface area contributed by atoms with Crippen molar-refractivity contribution in [2.24, 2.45) is 0 Å². The highest BCUT2D eigenvalue weighted by Crippen LogP contribution is 2.19. The summed E-state index contributed by atoms with van der Waals surface area (Å²) in [6.45, 7) is 2.26. The van der Waals surface area contributed by atoms with Gasteiger partial charge in [-0.1, -0.05) is 17.7 Å². The molecule has 0 aliphatic rings. The van der Waals surface area contributed by atoms with E-state index in [1.54, 1.807) is 25.1 Å². The number of sulfonamides is 1. The third-order valence-corrected chi connectivity index (χ3v) is 4.90. The zero-order valence-corrected chi connectivity index (χ0v) is 13.6. The lowest BCUT2D eigenvalue weighted by Crippen LogP contribution is -2.28. The van der Waals surface area contributed by atoms with E-state index in [4.69, 9.17) is 11.6 Å². The summed E-state index contributed by atoms with van der Waals surface area (Å²) < 4.78 is 28.3. The van der Waals surface area contributed by atoms with Crippen LogP contribution in [0.15, 0.2) is 46.2 Å². The Hall–Kier alpha value is -1.70. The summed E-state index contributed by atoms with van der Waals surface area (Å²) in [5.74, 6) is 0. The van der Waals surface area contributed by atoms with Gasteiger partial charge >= 0.3 is 0 Å². The average molecular weight is 342 g/mol. The third kappa shape index (κ3) is 4.16. The summed E-state index contributed by atoms with van der Waals surface area (Å²) in [7, 11) is -3.62. The minimum Gasteiger partial charge on any atom is -0.268 e. The number of aryl methyl sites for hydroxylation is 2. The molecule has 0 amide bonds. The molecule has 118 valence electrons. The van der Waals surface area contributed by atoms with Gasteiger partial charge in [-0.15, -0.1) is 0 Å². The van der Waals surface area contributed by atoms with E-state index in [1.165, 1.54) is 23.0 Å². The molecule has 22 heavy (non-hydrogen) atoms. The van der Waals surface area contributed by atoms with Crippen molar-refractivity contribution in [1.29, 1.82) is 0 Å². The molecule has 1 aromatic heterocycles. The molecule has 2 rings (SSSR count). The van der Waals surface area contributed by atoms with Crippen LogP contribution >= 0.6 is 11.6 Å². The van der Waals surface area contributed by atoms with Gasteiger partial charge in [0.2, 0.25) is 10.0 Å². The summed E-state index contributed by atoms with van der Waals surface area (Å²) in [5.41, 5.74) is 0.411. The van der Waals surface area contributed by atoms with E-state index < -0.39 is 10.0 Å². The van der Waals surface area contributed by atoms with Crippen molar-refractivity contribution in [3.05, 3.63) is 57.5 Å². The summed E-state index contributed by atoms with van der Waals surface area (Å²) in [4.78, 5) is 11.6. The van der Waals surface area contributed by atoms with Gasteiger partial charge in [-0.05, 0) is 37.1 Å². The molecule has 0 radical (unpaired) electrons. The fourth-order valence-corrected chi connectivity index (χ4v) is 3.51. The molecule has 0 aliphatic carbocycles. The Morgan fingerprint density at radius 2 is 2.09 bits per heavy atom. The van der Waals surface area contributed by atoms with E-state index in [0.717, 1.165) is 0 Å². The maximum Gasteiger partial charge on any atom is 0.266 e. The topological polar surface area (TPSA) is 81.1 Å². The molecule has 8 heteroatoms. The lowest BCUT2D eigenvalue weighted by Gasteiger charge is -2.10. The van der Waals surface area contributed by atoms with Crippen molar-refractivity contribution in [1.82, 2.24) is 14.5 Å². The molecular weight excluding hydrogens is 326 g/mol. The van der Waals surface area contributed by atoms with Crippen LogP contribution in [0.2, 0.25) is 5.02 Å². The van der Waals surface area contributed by atoms with Crippen LogP contribution in [-0.2, 0) is 16.6 Å². The lowest BCUT2D eigenvalue weighted by atomic mass is 10.2. The van der Waals surface area contributed by atoms with Gasteiger partial charge in [-0.2, -0.15) is 5.10 Å². The fourth-order valence-electron chi connectivity index (χ4n) is 1.93. The van der Waals surface area contributed by atoms with Gasteiger partial charge in [0, 0.05) is 30.4 Å². The maximum absolute atomic E-state index is 12.2. The van der Waals surface area contributed by atoms with Gasteiger partial charge < -0.3 is 0 Å². The van der Waals surface area contributed by atoms with Crippen LogP contribution < -0.4 is 10.3 Å². The Bertz CT molecular complexity index is 818. The predicted octanol–water partition coefficient (Wildman–Crippen LogP) is 1.57. The zero-order chi connectivity index (χ0) is 16.2. The second kappa shape index (κ2) is 7.04. The standard InChI is InChI=1S/C14H16ClN3O3S/c1-11-5-6-12(15)10-13(11)22(20,21)17-8-3-9-18-14(19)4-2-7-16-18/h2,4-7,10,17H,3,8-9H2,1H3. The molecule has 1 aromatic carbocycles. The SMILES string of the molecule is Cc1ccc(Cl)cc1S(=O)(=O)NCCCn1ncccc1=O. The van der Waals surface area contributed by atoms with Gasteiger partial charge in [0.15, 0.2) is 0 Å². The molecule has 0 atom stereocenters. The molecule has 0 spiro atoms. The maximum atomic E-state index is 12.2. The van der Waals surface area contributed by atoms with E-state index in [9.17, 15) is 13.2 Å². The number of nitrogens with one attached hydrogen (secondary N) is 1. The van der Waals surface area contributed by atoms with E-state index in [0.29, 0.717) is 23.6 Å². The van der Waals surface area contributed by atoms with Gasteiger partial charge in [0.25, 0.3) is 5.56 Å². The minimum atomic E-state index is -3.62. The van der Waals surface area contributed by atoms with Crippen LogP contribution in [0, 0.1) is 6.92 Å². The Morgan fingerprint density at radius 1 is 1.32 bits per heavy atom. The van der Waals surface area contributed by atoms with Crippen LogP contribution in [0.25, 0.3) is 0 Å². The highest BCUT2D eigenvalue weighted by molar-refractivity contribution is 7.89. The number of hydrogen-bond acceptors (Lipinski definition) is 4. The minimum absolute atomic E-state index is 0.162. The molecule has 6 nitrogen and oxygen atoms in total. The number of nitrogens with zero attached hydrogens (tertiary/aromatic N) is 2. The first-order chi connectivity index (χ1) is 10.4. The van der Waals surface area contributed by atoms with Gasteiger partial charge in [0.05, 0.1) is 4.90 Å². The number of rotatable bonds is 6.